The Bertz CT molecular complexity index is 611. The van der Waals surface area contributed by atoms with Gasteiger partial charge in [0.15, 0.2) is 5.16 Å². The smallest absolute Gasteiger partial charge is 0.313 e. The maximum atomic E-state index is 10.7. The molecule has 1 aromatic heterocycles. The Balaban J connectivity index is 2.33. The van der Waals surface area contributed by atoms with E-state index in [4.69, 9.17) is 5.11 Å². The molecular formula is C15H19N3O2S. The Morgan fingerprint density at radius 3 is 2.48 bits per heavy atom. The van der Waals surface area contributed by atoms with Gasteiger partial charge in [0.1, 0.15) is 5.82 Å². The highest BCUT2D eigenvalue weighted by Gasteiger charge is 2.21. The lowest BCUT2D eigenvalue weighted by molar-refractivity contribution is -0.133. The quantitative estimate of drug-likeness (QED) is 0.830. The van der Waals surface area contributed by atoms with E-state index in [1.54, 1.807) is 0 Å². The molecule has 0 aliphatic carbocycles. The minimum atomic E-state index is -0.851. The first kappa shape index (κ1) is 15.6. The van der Waals surface area contributed by atoms with Gasteiger partial charge in [-0.05, 0) is 19.4 Å². The first-order valence-electron chi connectivity index (χ1n) is 6.85. The van der Waals surface area contributed by atoms with Crippen molar-refractivity contribution in [3.63, 3.8) is 0 Å². The molecule has 0 aliphatic heterocycles. The van der Waals surface area contributed by atoms with Crippen LogP contribution in [0.25, 0.3) is 0 Å². The van der Waals surface area contributed by atoms with Crippen molar-refractivity contribution in [2.75, 3.05) is 5.75 Å². The highest BCUT2D eigenvalue weighted by atomic mass is 32.2. The number of carboxylic acid groups (broad SMARTS) is 1. The van der Waals surface area contributed by atoms with Gasteiger partial charge in [-0.2, -0.15) is 0 Å². The number of aliphatic carboxylic acids is 1. The number of nitrogens with zero attached hydrogens (tertiary/aromatic N) is 3. The van der Waals surface area contributed by atoms with E-state index in [2.05, 4.69) is 43.1 Å². The van der Waals surface area contributed by atoms with Crippen LogP contribution in [0.1, 0.15) is 44.1 Å². The van der Waals surface area contributed by atoms with Crippen molar-refractivity contribution in [3.8, 4) is 0 Å². The lowest BCUT2D eigenvalue weighted by Gasteiger charge is -2.17. The summed E-state index contributed by atoms with van der Waals surface area (Å²) < 4.78 is 2.02. The normalized spacial score (nSPS) is 12.6. The molecular weight excluding hydrogens is 286 g/mol. The molecule has 0 saturated carbocycles. The predicted molar refractivity (Wildman–Crippen MR) is 82.7 cm³/mol. The highest BCUT2D eigenvalue weighted by molar-refractivity contribution is 7.99. The van der Waals surface area contributed by atoms with Crippen LogP contribution in [0.5, 0.6) is 0 Å². The van der Waals surface area contributed by atoms with Crippen molar-refractivity contribution in [1.82, 2.24) is 14.8 Å². The average Bonchev–Trinajstić information content (AvgIpc) is 2.89. The van der Waals surface area contributed by atoms with E-state index in [-0.39, 0.29) is 17.7 Å². The molecule has 0 aliphatic rings. The van der Waals surface area contributed by atoms with Gasteiger partial charge < -0.3 is 9.67 Å². The minimum absolute atomic E-state index is 0.00935. The van der Waals surface area contributed by atoms with Crippen LogP contribution in [0.3, 0.4) is 0 Å². The Morgan fingerprint density at radius 2 is 1.90 bits per heavy atom. The van der Waals surface area contributed by atoms with E-state index in [0.717, 1.165) is 5.82 Å². The molecule has 1 aromatic carbocycles. The summed E-state index contributed by atoms with van der Waals surface area (Å²) in [6.45, 7) is 6.19. The SMILES string of the molecule is CC(c1ccccc1)c1nnc(SCC(=O)O)n1C(C)C. The van der Waals surface area contributed by atoms with Gasteiger partial charge in [-0.3, -0.25) is 4.79 Å². The minimum Gasteiger partial charge on any atom is -0.481 e. The van der Waals surface area contributed by atoms with Crippen LogP contribution in [0.4, 0.5) is 0 Å². The van der Waals surface area contributed by atoms with Crippen LogP contribution in [0.15, 0.2) is 35.5 Å². The molecule has 1 heterocycles. The molecule has 5 nitrogen and oxygen atoms in total. The van der Waals surface area contributed by atoms with Gasteiger partial charge in [-0.25, -0.2) is 0 Å². The molecule has 1 unspecified atom stereocenters. The van der Waals surface area contributed by atoms with Crippen LogP contribution >= 0.6 is 11.8 Å². The number of carbonyl (C=O) groups is 1. The Kier molecular flexibility index (Phi) is 5.01. The van der Waals surface area contributed by atoms with Gasteiger partial charge in [0.25, 0.3) is 0 Å². The molecule has 0 bridgehead atoms. The molecule has 0 radical (unpaired) electrons. The average molecular weight is 305 g/mol. The third kappa shape index (κ3) is 3.64. The number of rotatable bonds is 6. The monoisotopic (exact) mass is 305 g/mol. The summed E-state index contributed by atoms with van der Waals surface area (Å²) in [6, 6.07) is 10.3. The lowest BCUT2D eigenvalue weighted by Crippen LogP contribution is -2.12. The Labute approximate surface area is 128 Å². The molecule has 21 heavy (non-hydrogen) atoms. The summed E-state index contributed by atoms with van der Waals surface area (Å²) in [5.41, 5.74) is 1.17. The van der Waals surface area contributed by atoms with E-state index in [9.17, 15) is 4.79 Å². The first-order chi connectivity index (χ1) is 10.0. The fourth-order valence-corrected chi connectivity index (χ4v) is 2.98. The molecule has 0 spiro atoms. The van der Waals surface area contributed by atoms with Crippen LogP contribution in [-0.4, -0.2) is 31.6 Å². The standard InChI is InChI=1S/C15H19N3O2S/c1-10(2)18-14(11(3)12-7-5-4-6-8-12)16-17-15(18)21-9-13(19)20/h4-8,10-11H,9H2,1-3H3,(H,19,20). The zero-order chi connectivity index (χ0) is 15.4. The number of aromatic nitrogens is 3. The number of carboxylic acids is 1. The third-order valence-corrected chi connectivity index (χ3v) is 4.15. The second kappa shape index (κ2) is 6.76. The zero-order valence-electron chi connectivity index (χ0n) is 12.4. The van der Waals surface area contributed by atoms with Gasteiger partial charge in [-0.15, -0.1) is 10.2 Å². The molecule has 0 amide bonds. The van der Waals surface area contributed by atoms with Crippen LogP contribution in [0, 0.1) is 0 Å². The fraction of sp³-hybridized carbons (Fsp3) is 0.400. The maximum Gasteiger partial charge on any atom is 0.313 e. The van der Waals surface area contributed by atoms with E-state index in [1.807, 2.05) is 22.8 Å². The van der Waals surface area contributed by atoms with Gasteiger partial charge in [-0.1, -0.05) is 49.0 Å². The largest absolute Gasteiger partial charge is 0.481 e. The molecule has 1 atom stereocenters. The van der Waals surface area contributed by atoms with Gasteiger partial charge in [0.2, 0.25) is 0 Å². The molecule has 6 heteroatoms. The van der Waals surface area contributed by atoms with Crippen molar-refractivity contribution in [1.29, 1.82) is 0 Å². The van der Waals surface area contributed by atoms with Crippen molar-refractivity contribution in [2.45, 2.75) is 37.9 Å². The predicted octanol–water partition coefficient (Wildman–Crippen LogP) is 3.19. The van der Waals surface area contributed by atoms with Crippen molar-refractivity contribution >= 4 is 17.7 Å². The third-order valence-electron chi connectivity index (χ3n) is 3.22. The van der Waals surface area contributed by atoms with E-state index in [0.29, 0.717) is 5.16 Å². The second-order valence-electron chi connectivity index (χ2n) is 5.12. The van der Waals surface area contributed by atoms with Crippen molar-refractivity contribution in [3.05, 3.63) is 41.7 Å². The van der Waals surface area contributed by atoms with Gasteiger partial charge in [0, 0.05) is 12.0 Å². The summed E-state index contributed by atoms with van der Waals surface area (Å²) in [7, 11) is 0. The van der Waals surface area contributed by atoms with E-state index < -0.39 is 5.97 Å². The molecule has 0 saturated heterocycles. The van der Waals surface area contributed by atoms with Crippen LogP contribution in [-0.2, 0) is 4.79 Å². The highest BCUT2D eigenvalue weighted by Crippen LogP contribution is 2.29. The Morgan fingerprint density at radius 1 is 1.24 bits per heavy atom. The summed E-state index contributed by atoms with van der Waals surface area (Å²) in [5, 5.41) is 17.9. The summed E-state index contributed by atoms with van der Waals surface area (Å²) in [5.74, 6) is 0.116. The molecule has 0 fully saturated rings. The summed E-state index contributed by atoms with van der Waals surface area (Å²) in [6.07, 6.45) is 0. The summed E-state index contributed by atoms with van der Waals surface area (Å²) >= 11 is 1.21. The Hall–Kier alpha value is -1.82. The number of hydrogen-bond donors (Lipinski definition) is 1. The molecule has 2 rings (SSSR count). The zero-order valence-corrected chi connectivity index (χ0v) is 13.2. The first-order valence-corrected chi connectivity index (χ1v) is 7.83. The van der Waals surface area contributed by atoms with Crippen molar-refractivity contribution < 1.29 is 9.90 Å². The fourth-order valence-electron chi connectivity index (χ4n) is 2.18. The van der Waals surface area contributed by atoms with Gasteiger partial charge in [0.05, 0.1) is 5.75 Å². The van der Waals surface area contributed by atoms with Gasteiger partial charge >= 0.3 is 5.97 Å². The number of thioether (sulfide) groups is 1. The number of hydrogen-bond acceptors (Lipinski definition) is 4. The van der Waals surface area contributed by atoms with Crippen LogP contribution in [0.2, 0.25) is 0 Å². The molecule has 112 valence electrons. The topological polar surface area (TPSA) is 68.0 Å². The summed E-state index contributed by atoms with van der Waals surface area (Å²) in [4.78, 5) is 10.7. The van der Waals surface area contributed by atoms with E-state index >= 15 is 0 Å². The maximum absolute atomic E-state index is 10.7. The lowest BCUT2D eigenvalue weighted by atomic mass is 10.0. The molecule has 2 aromatic rings. The molecule has 1 N–H and O–H groups in total. The van der Waals surface area contributed by atoms with E-state index in [1.165, 1.54) is 17.3 Å². The van der Waals surface area contributed by atoms with Crippen molar-refractivity contribution in [2.24, 2.45) is 0 Å². The van der Waals surface area contributed by atoms with Crippen LogP contribution < -0.4 is 0 Å². The number of benzene rings is 1. The second-order valence-corrected chi connectivity index (χ2v) is 6.06.